The van der Waals surface area contributed by atoms with Gasteiger partial charge in [0, 0.05) is 12.1 Å². The van der Waals surface area contributed by atoms with E-state index in [4.69, 9.17) is 4.42 Å². The molecule has 3 aromatic rings. The van der Waals surface area contributed by atoms with Crippen LogP contribution in [0.15, 0.2) is 29.1 Å². The molecule has 0 aliphatic heterocycles. The van der Waals surface area contributed by atoms with Crippen LogP contribution in [-0.2, 0) is 0 Å². The van der Waals surface area contributed by atoms with Crippen LogP contribution in [0.2, 0.25) is 0 Å². The van der Waals surface area contributed by atoms with Gasteiger partial charge in [0.1, 0.15) is 12.0 Å². The van der Waals surface area contributed by atoms with Gasteiger partial charge in [-0.25, -0.2) is 5.10 Å². The molecule has 0 saturated carbocycles. The van der Waals surface area contributed by atoms with E-state index in [-0.39, 0.29) is 5.91 Å². The highest BCUT2D eigenvalue weighted by molar-refractivity contribution is 6.04. The Morgan fingerprint density at radius 3 is 3.19 bits per heavy atom. The predicted octanol–water partition coefficient (Wildman–Crippen LogP) is 1.13. The van der Waals surface area contributed by atoms with Crippen molar-refractivity contribution >= 4 is 23.0 Å². The maximum absolute atomic E-state index is 11.7. The molecular formula is C9H7N5O2. The van der Waals surface area contributed by atoms with Crippen molar-refractivity contribution in [2.24, 2.45) is 0 Å². The fourth-order valence-corrected chi connectivity index (χ4v) is 1.41. The summed E-state index contributed by atoms with van der Waals surface area (Å²) in [5.74, 6) is -0.000583. The number of amides is 1. The minimum Gasteiger partial charge on any atom is -0.463 e. The number of aromatic amines is 2. The van der Waals surface area contributed by atoms with E-state index >= 15 is 0 Å². The summed E-state index contributed by atoms with van der Waals surface area (Å²) in [6.45, 7) is 0. The Kier molecular flexibility index (Phi) is 1.76. The molecule has 0 radical (unpaired) electrons. The standard InChI is InChI=1S/C9H7N5O2/c15-8(13-9-10-4-11-14-9)6-3-7-5(12-6)1-2-16-7/h1-4,12H,(H2,10,11,13,14,15). The molecule has 16 heavy (non-hydrogen) atoms. The molecule has 0 aliphatic rings. The second-order valence-corrected chi connectivity index (χ2v) is 3.17. The summed E-state index contributed by atoms with van der Waals surface area (Å²) in [4.78, 5) is 18.4. The highest BCUT2D eigenvalue weighted by atomic mass is 16.3. The van der Waals surface area contributed by atoms with E-state index < -0.39 is 0 Å². The van der Waals surface area contributed by atoms with Gasteiger partial charge < -0.3 is 9.40 Å². The number of fused-ring (bicyclic) bond motifs is 1. The molecule has 7 nitrogen and oxygen atoms in total. The second kappa shape index (κ2) is 3.23. The first-order valence-electron chi connectivity index (χ1n) is 4.56. The summed E-state index contributed by atoms with van der Waals surface area (Å²) in [5, 5.41) is 8.71. The molecule has 0 saturated heterocycles. The summed E-state index contributed by atoms with van der Waals surface area (Å²) in [7, 11) is 0. The quantitative estimate of drug-likeness (QED) is 0.599. The third-order valence-corrected chi connectivity index (χ3v) is 2.13. The molecule has 0 bridgehead atoms. The molecule has 3 rings (SSSR count). The maximum Gasteiger partial charge on any atom is 0.274 e. The van der Waals surface area contributed by atoms with Gasteiger partial charge in [-0.2, -0.15) is 10.1 Å². The Hall–Kier alpha value is -2.57. The van der Waals surface area contributed by atoms with Crippen molar-refractivity contribution < 1.29 is 9.21 Å². The van der Waals surface area contributed by atoms with Crippen molar-refractivity contribution in [2.45, 2.75) is 0 Å². The number of H-pyrrole nitrogens is 2. The van der Waals surface area contributed by atoms with Crippen LogP contribution in [0.5, 0.6) is 0 Å². The number of hydrogen-bond acceptors (Lipinski definition) is 4. The Labute approximate surface area is 88.9 Å². The van der Waals surface area contributed by atoms with Crippen LogP contribution in [0.1, 0.15) is 10.5 Å². The Bertz CT molecular complexity index is 593. The summed E-state index contributed by atoms with van der Waals surface area (Å²) in [6.07, 6.45) is 2.87. The van der Waals surface area contributed by atoms with Crippen LogP contribution in [0.4, 0.5) is 5.95 Å². The van der Waals surface area contributed by atoms with Crippen LogP contribution < -0.4 is 5.32 Å². The second-order valence-electron chi connectivity index (χ2n) is 3.17. The third-order valence-electron chi connectivity index (χ3n) is 2.13. The minimum absolute atomic E-state index is 0.302. The lowest BCUT2D eigenvalue weighted by Crippen LogP contribution is -2.13. The monoisotopic (exact) mass is 217 g/mol. The molecule has 1 amide bonds. The zero-order chi connectivity index (χ0) is 11.0. The number of hydrogen-bond donors (Lipinski definition) is 3. The van der Waals surface area contributed by atoms with Crippen molar-refractivity contribution in [1.29, 1.82) is 0 Å². The van der Waals surface area contributed by atoms with Crippen LogP contribution in [-0.4, -0.2) is 26.1 Å². The molecular weight excluding hydrogens is 210 g/mol. The Morgan fingerprint density at radius 1 is 1.50 bits per heavy atom. The van der Waals surface area contributed by atoms with E-state index in [9.17, 15) is 4.79 Å². The van der Waals surface area contributed by atoms with Crippen LogP contribution >= 0.6 is 0 Å². The van der Waals surface area contributed by atoms with Crippen molar-refractivity contribution in [3.05, 3.63) is 30.4 Å². The molecule has 3 heterocycles. The molecule has 0 atom stereocenters. The van der Waals surface area contributed by atoms with Gasteiger partial charge in [0.05, 0.1) is 11.8 Å². The van der Waals surface area contributed by atoms with Gasteiger partial charge in [0.15, 0.2) is 5.58 Å². The highest BCUT2D eigenvalue weighted by Crippen LogP contribution is 2.16. The van der Waals surface area contributed by atoms with Gasteiger partial charge >= 0.3 is 0 Å². The first kappa shape index (κ1) is 8.72. The zero-order valence-electron chi connectivity index (χ0n) is 8.02. The van der Waals surface area contributed by atoms with E-state index in [2.05, 4.69) is 25.5 Å². The molecule has 3 aromatic heterocycles. The van der Waals surface area contributed by atoms with Gasteiger partial charge in [0.2, 0.25) is 5.95 Å². The van der Waals surface area contributed by atoms with E-state index in [0.717, 1.165) is 5.52 Å². The number of anilines is 1. The average molecular weight is 217 g/mol. The largest absolute Gasteiger partial charge is 0.463 e. The smallest absolute Gasteiger partial charge is 0.274 e. The summed E-state index contributed by atoms with van der Waals surface area (Å²) in [6, 6.07) is 3.38. The van der Waals surface area contributed by atoms with Crippen molar-refractivity contribution in [3.63, 3.8) is 0 Å². The Balaban J connectivity index is 1.87. The summed E-state index contributed by atoms with van der Waals surface area (Å²) in [5.41, 5.74) is 1.83. The molecule has 7 heteroatoms. The number of furan rings is 1. The van der Waals surface area contributed by atoms with Gasteiger partial charge in [-0.15, -0.1) is 0 Å². The fourth-order valence-electron chi connectivity index (χ4n) is 1.41. The number of aromatic nitrogens is 4. The van der Waals surface area contributed by atoms with Crippen LogP contribution in [0.25, 0.3) is 11.1 Å². The van der Waals surface area contributed by atoms with Gasteiger partial charge in [-0.3, -0.25) is 10.1 Å². The normalized spacial score (nSPS) is 10.8. The maximum atomic E-state index is 11.7. The van der Waals surface area contributed by atoms with Crippen molar-refractivity contribution in [2.75, 3.05) is 5.32 Å². The number of nitrogens with zero attached hydrogens (tertiary/aromatic N) is 2. The summed E-state index contributed by atoms with van der Waals surface area (Å²) >= 11 is 0. The van der Waals surface area contributed by atoms with Crippen LogP contribution in [0, 0.1) is 0 Å². The molecule has 0 aliphatic carbocycles. The number of nitrogens with one attached hydrogen (secondary N) is 3. The highest BCUT2D eigenvalue weighted by Gasteiger charge is 2.11. The zero-order valence-corrected chi connectivity index (χ0v) is 8.02. The van der Waals surface area contributed by atoms with Gasteiger partial charge in [-0.05, 0) is 0 Å². The average Bonchev–Trinajstić information content (AvgIpc) is 2.91. The lowest BCUT2D eigenvalue weighted by molar-refractivity contribution is 0.102. The van der Waals surface area contributed by atoms with E-state index in [1.54, 1.807) is 18.4 Å². The fraction of sp³-hybridized carbons (Fsp3) is 0. The van der Waals surface area contributed by atoms with Crippen molar-refractivity contribution in [3.8, 4) is 0 Å². The van der Waals surface area contributed by atoms with Gasteiger partial charge in [-0.1, -0.05) is 0 Å². The molecule has 0 fully saturated rings. The van der Waals surface area contributed by atoms with Crippen molar-refractivity contribution in [1.82, 2.24) is 20.2 Å². The molecule has 0 aromatic carbocycles. The molecule has 0 unspecified atom stereocenters. The predicted molar refractivity (Wildman–Crippen MR) is 54.9 cm³/mol. The Morgan fingerprint density at radius 2 is 2.44 bits per heavy atom. The summed E-state index contributed by atoms with van der Waals surface area (Å²) < 4.78 is 5.14. The third kappa shape index (κ3) is 1.34. The van der Waals surface area contributed by atoms with Gasteiger partial charge in [0.25, 0.3) is 5.91 Å². The molecule has 0 spiro atoms. The van der Waals surface area contributed by atoms with Crippen LogP contribution in [0.3, 0.4) is 0 Å². The SMILES string of the molecule is O=C(Nc1ncn[nH]1)c1cc2occc2[nH]1. The lowest BCUT2D eigenvalue weighted by atomic mass is 10.4. The first-order chi connectivity index (χ1) is 7.83. The van der Waals surface area contributed by atoms with E-state index in [0.29, 0.717) is 17.2 Å². The molecule has 80 valence electrons. The topological polar surface area (TPSA) is 99.6 Å². The first-order valence-corrected chi connectivity index (χ1v) is 4.56. The van der Waals surface area contributed by atoms with E-state index in [1.165, 1.54) is 6.33 Å². The lowest BCUT2D eigenvalue weighted by Gasteiger charge is -1.97. The van der Waals surface area contributed by atoms with E-state index in [1.807, 2.05) is 0 Å². The number of carbonyl (C=O) groups is 1. The number of carbonyl (C=O) groups excluding carboxylic acids is 1. The molecule has 3 N–H and O–H groups in total. The number of rotatable bonds is 2. The minimum atomic E-state index is -0.303.